The van der Waals surface area contributed by atoms with E-state index in [9.17, 15) is 0 Å². The molecule has 0 unspecified atom stereocenters. The molecule has 5 aromatic heterocycles. The maximum Gasteiger partial charge on any atom is 0.181 e. The summed E-state index contributed by atoms with van der Waals surface area (Å²) < 4.78 is 10.1. The molecule has 5 heterocycles. The average molecular weight is 769 g/mol. The second-order valence-corrected chi connectivity index (χ2v) is 12.6. The van der Waals surface area contributed by atoms with Gasteiger partial charge in [0.25, 0.3) is 0 Å². The summed E-state index contributed by atoms with van der Waals surface area (Å²) in [6.07, 6.45) is 10.4. The van der Waals surface area contributed by atoms with Crippen LogP contribution in [-0.2, 0) is 0 Å². The van der Waals surface area contributed by atoms with Crippen LogP contribution in [0.15, 0.2) is 271 Å². The molecule has 59 heavy (non-hydrogen) atoms. The molecule has 0 fully saturated rings. The fourth-order valence-corrected chi connectivity index (χ4v) is 5.55. The van der Waals surface area contributed by atoms with E-state index < -0.39 is 0 Å². The number of aromatic amines is 1. The van der Waals surface area contributed by atoms with E-state index in [4.69, 9.17) is 8.83 Å². The molecule has 0 amide bonds. The first-order chi connectivity index (χ1) is 29.3. The Morgan fingerprint density at radius 3 is 1.39 bits per heavy atom. The quantitative estimate of drug-likeness (QED) is 0.166. The number of furan rings is 1. The van der Waals surface area contributed by atoms with E-state index in [1.807, 2.05) is 158 Å². The predicted octanol–water partition coefficient (Wildman–Crippen LogP) is 14.3. The van der Waals surface area contributed by atoms with Gasteiger partial charge in [-0.1, -0.05) is 164 Å². The Labute approximate surface area is 344 Å². The molecule has 0 radical (unpaired) electrons. The number of aromatic nitrogens is 4. The second-order valence-electron chi connectivity index (χ2n) is 12.6. The summed E-state index contributed by atoms with van der Waals surface area (Å²) in [7, 11) is 0. The summed E-state index contributed by atoms with van der Waals surface area (Å²) in [4.78, 5) is 15.0. The molecule has 6 nitrogen and oxygen atoms in total. The minimum atomic E-state index is 0.845. The van der Waals surface area contributed by atoms with Gasteiger partial charge >= 0.3 is 0 Å². The topological polar surface area (TPSA) is 80.7 Å². The summed E-state index contributed by atoms with van der Waals surface area (Å²) in [5.41, 5.74) is 4.98. The summed E-state index contributed by atoms with van der Waals surface area (Å²) >= 11 is 0. The van der Waals surface area contributed by atoms with Crippen LogP contribution in [0.4, 0.5) is 0 Å². The summed E-state index contributed by atoms with van der Waals surface area (Å²) in [6, 6.07) is 74.4. The van der Waals surface area contributed by atoms with Gasteiger partial charge in [-0.3, -0.25) is 9.97 Å². The highest BCUT2D eigenvalue weighted by molar-refractivity contribution is 5.82. The van der Waals surface area contributed by atoms with Crippen LogP contribution >= 0.6 is 0 Å². The lowest BCUT2D eigenvalue weighted by atomic mass is 10.1. The smallest absolute Gasteiger partial charge is 0.181 e. The van der Waals surface area contributed by atoms with Gasteiger partial charge in [0.2, 0.25) is 0 Å². The highest BCUT2D eigenvalue weighted by Crippen LogP contribution is 2.14. The number of para-hydroxylation sites is 5. The van der Waals surface area contributed by atoms with Crippen molar-refractivity contribution in [3.8, 4) is 0 Å². The highest BCUT2D eigenvalue weighted by Gasteiger charge is 1.92. The maximum absolute atomic E-state index is 5.12. The predicted molar refractivity (Wildman–Crippen MR) is 245 cm³/mol. The molecule has 0 aliphatic rings. The first kappa shape index (κ1) is 40.6. The van der Waals surface area contributed by atoms with Crippen molar-refractivity contribution < 1.29 is 8.83 Å². The molecule has 7 aromatic carbocycles. The number of hydrogen-bond acceptors (Lipinski definition) is 5. The number of H-pyrrole nitrogens is 1. The van der Waals surface area contributed by atoms with Crippen molar-refractivity contribution in [3.05, 3.63) is 262 Å². The van der Waals surface area contributed by atoms with E-state index in [-0.39, 0.29) is 0 Å². The lowest BCUT2D eigenvalue weighted by molar-refractivity contribution is 0.602. The Morgan fingerprint density at radius 1 is 0.322 bits per heavy atom. The van der Waals surface area contributed by atoms with Crippen molar-refractivity contribution in [2.24, 2.45) is 0 Å². The molecular formula is C53H44N4O2. The van der Waals surface area contributed by atoms with Gasteiger partial charge in [0.15, 0.2) is 12.0 Å². The number of hydrogen-bond donors (Lipinski definition) is 1. The third kappa shape index (κ3) is 13.9. The zero-order chi connectivity index (χ0) is 40.4. The Hall–Kier alpha value is -8.09. The Bertz CT molecular complexity index is 2390. The molecule has 6 heteroatoms. The molecule has 0 bridgehead atoms. The monoisotopic (exact) mass is 768 g/mol. The van der Waals surface area contributed by atoms with Crippen molar-refractivity contribution >= 4 is 54.6 Å². The lowest BCUT2D eigenvalue weighted by Gasteiger charge is -1.92. The van der Waals surface area contributed by atoms with Crippen LogP contribution in [0.5, 0.6) is 0 Å². The minimum absolute atomic E-state index is 0.845. The molecular weight excluding hydrogens is 725 g/mol. The third-order valence-electron chi connectivity index (χ3n) is 8.46. The zero-order valence-electron chi connectivity index (χ0n) is 32.5. The molecule has 0 aliphatic carbocycles. The molecule has 0 saturated carbocycles. The van der Waals surface area contributed by atoms with E-state index >= 15 is 0 Å². The number of fused-ring (bicyclic) bond motifs is 5. The number of oxazole rings is 1. The fraction of sp³-hybridized carbons (Fsp3) is 0. The standard InChI is InChI=1S/C10H8.C9H7N.C8H7N.C8H6O.C7H5NO.C6H6.C5H5N/c1-2-6-10-8-4-3-7-9(10)5-1;1-2-6-9-8(4-1)5-3-7-10-9;2*1-2-4-8-7(3-1)5-6-9-8;1-2-4-7-6(3-1)8-5-9-7;2*1-2-4-6-5-3-1/h1-8H;1-7H;1-6,9H;1-6H;1-5H;1-6H;1-5H. The highest BCUT2D eigenvalue weighted by atomic mass is 16.3. The van der Waals surface area contributed by atoms with Gasteiger partial charge in [0.05, 0.1) is 11.8 Å². The SMILES string of the molecule is c1ccc2[nH]ccc2c1.c1ccc2ccccc2c1.c1ccc2ncccc2c1.c1ccc2occc2c1.c1ccc2ocnc2c1.c1ccccc1.c1ccncc1. The number of benzene rings is 7. The van der Waals surface area contributed by atoms with Gasteiger partial charge in [0, 0.05) is 41.1 Å². The van der Waals surface area contributed by atoms with E-state index in [0.717, 1.165) is 27.6 Å². The number of nitrogens with zero attached hydrogens (tertiary/aromatic N) is 3. The fourth-order valence-electron chi connectivity index (χ4n) is 5.55. The van der Waals surface area contributed by atoms with Crippen molar-refractivity contribution in [2.75, 3.05) is 0 Å². The summed E-state index contributed by atoms with van der Waals surface area (Å²) in [5, 5.41) is 6.26. The van der Waals surface area contributed by atoms with Crippen LogP contribution in [0.3, 0.4) is 0 Å². The summed E-state index contributed by atoms with van der Waals surface area (Å²) in [5.74, 6) is 0. The van der Waals surface area contributed by atoms with E-state index in [0.29, 0.717) is 0 Å². The Kier molecular flexibility index (Phi) is 16.3. The number of nitrogens with one attached hydrogen (secondary N) is 1. The lowest BCUT2D eigenvalue weighted by Crippen LogP contribution is -1.73. The van der Waals surface area contributed by atoms with Crippen molar-refractivity contribution in [3.63, 3.8) is 0 Å². The average Bonchev–Trinajstić information content (AvgIpc) is 4.14. The van der Waals surface area contributed by atoms with E-state index in [1.54, 1.807) is 18.7 Å². The van der Waals surface area contributed by atoms with Crippen LogP contribution in [0.25, 0.3) is 54.6 Å². The van der Waals surface area contributed by atoms with Gasteiger partial charge in [-0.25, -0.2) is 4.98 Å². The molecule has 0 spiro atoms. The Morgan fingerprint density at radius 2 is 0.831 bits per heavy atom. The molecule has 1 N–H and O–H groups in total. The molecule has 0 aliphatic heterocycles. The van der Waals surface area contributed by atoms with Gasteiger partial charge < -0.3 is 13.8 Å². The van der Waals surface area contributed by atoms with Crippen molar-refractivity contribution in [2.45, 2.75) is 0 Å². The first-order valence-electron chi connectivity index (χ1n) is 19.1. The molecule has 12 rings (SSSR count). The molecule has 288 valence electrons. The van der Waals surface area contributed by atoms with E-state index in [1.165, 1.54) is 33.5 Å². The van der Waals surface area contributed by atoms with Gasteiger partial charge in [-0.2, -0.15) is 0 Å². The van der Waals surface area contributed by atoms with Gasteiger partial charge in [-0.05, 0) is 76.8 Å². The van der Waals surface area contributed by atoms with Crippen LogP contribution in [0.1, 0.15) is 0 Å². The van der Waals surface area contributed by atoms with Gasteiger partial charge in [-0.15, -0.1) is 0 Å². The molecule has 0 saturated heterocycles. The zero-order valence-corrected chi connectivity index (χ0v) is 32.5. The van der Waals surface area contributed by atoms with Crippen LogP contribution < -0.4 is 0 Å². The molecule has 12 aromatic rings. The number of rotatable bonds is 0. The second kappa shape index (κ2) is 23.7. The van der Waals surface area contributed by atoms with E-state index in [2.05, 4.69) is 98.8 Å². The largest absolute Gasteiger partial charge is 0.464 e. The number of pyridine rings is 2. The van der Waals surface area contributed by atoms with Gasteiger partial charge in [0.1, 0.15) is 11.1 Å². The Balaban J connectivity index is 0.000000117. The molecule has 0 atom stereocenters. The minimum Gasteiger partial charge on any atom is -0.464 e. The van der Waals surface area contributed by atoms with Crippen LogP contribution in [0.2, 0.25) is 0 Å². The van der Waals surface area contributed by atoms with Crippen LogP contribution in [-0.4, -0.2) is 19.9 Å². The van der Waals surface area contributed by atoms with Crippen LogP contribution in [0, 0.1) is 0 Å². The van der Waals surface area contributed by atoms with Crippen molar-refractivity contribution in [1.82, 2.24) is 19.9 Å². The first-order valence-corrected chi connectivity index (χ1v) is 19.1. The van der Waals surface area contributed by atoms with Crippen molar-refractivity contribution in [1.29, 1.82) is 0 Å². The third-order valence-corrected chi connectivity index (χ3v) is 8.46. The summed E-state index contributed by atoms with van der Waals surface area (Å²) in [6.45, 7) is 0. The normalized spacial score (nSPS) is 9.69. The maximum atomic E-state index is 5.12.